The van der Waals surface area contributed by atoms with Crippen LogP contribution in [0.25, 0.3) is 11.0 Å². The molecule has 4 N–H and O–H groups in total. The number of hydrogen-bond donors (Lipinski definition) is 4. The summed E-state index contributed by atoms with van der Waals surface area (Å²) in [7, 11) is 0. The number of aromatic hydroxyl groups is 3. The van der Waals surface area contributed by atoms with Gasteiger partial charge in [-0.15, -0.1) is 0 Å². The molecule has 0 aliphatic carbocycles. The van der Waals surface area contributed by atoms with E-state index in [4.69, 9.17) is 9.15 Å². The van der Waals surface area contributed by atoms with Crippen molar-refractivity contribution < 1.29 is 34.4 Å². The summed E-state index contributed by atoms with van der Waals surface area (Å²) in [6.45, 7) is 4.24. The van der Waals surface area contributed by atoms with E-state index in [9.17, 15) is 30.0 Å². The van der Waals surface area contributed by atoms with E-state index in [0.29, 0.717) is 35.1 Å². The Morgan fingerprint density at radius 1 is 0.778 bits per heavy atom. The molecule has 45 heavy (non-hydrogen) atoms. The number of esters is 1. The van der Waals surface area contributed by atoms with Crippen LogP contribution in [-0.2, 0) is 17.6 Å². The smallest absolute Gasteiger partial charge is 0.343 e. The van der Waals surface area contributed by atoms with Crippen LogP contribution in [0.1, 0.15) is 105 Å². The lowest BCUT2D eigenvalue weighted by Gasteiger charge is -2.34. The Kier molecular flexibility index (Phi) is 10.1. The van der Waals surface area contributed by atoms with Gasteiger partial charge >= 0.3 is 11.6 Å². The number of aryl methyl sites for hydroxylation is 2. The lowest BCUT2D eigenvalue weighted by molar-refractivity contribution is -0.146. The van der Waals surface area contributed by atoms with Crippen molar-refractivity contribution in [2.75, 3.05) is 0 Å². The third-order valence-electron chi connectivity index (χ3n) is 8.89. The minimum Gasteiger partial charge on any atom is -0.508 e. The molecule has 0 spiro atoms. The molecule has 5 rings (SSSR count). The predicted octanol–water partition coefficient (Wildman–Crippen LogP) is 7.56. The van der Waals surface area contributed by atoms with Gasteiger partial charge < -0.3 is 29.6 Å². The van der Waals surface area contributed by atoms with Crippen LogP contribution in [-0.4, -0.2) is 26.4 Å². The van der Waals surface area contributed by atoms with Crippen molar-refractivity contribution in [3.8, 4) is 23.0 Å². The first-order chi connectivity index (χ1) is 21.7. The van der Waals surface area contributed by atoms with Gasteiger partial charge in [0.05, 0.1) is 23.0 Å². The highest BCUT2D eigenvalue weighted by Gasteiger charge is 2.46. The Morgan fingerprint density at radius 3 is 2.04 bits per heavy atom. The van der Waals surface area contributed by atoms with Gasteiger partial charge in [0.1, 0.15) is 28.6 Å². The van der Waals surface area contributed by atoms with Crippen molar-refractivity contribution in [3.05, 3.63) is 92.8 Å². The molecule has 0 saturated heterocycles. The summed E-state index contributed by atoms with van der Waals surface area (Å²) in [6.07, 6.45) is 7.74. The van der Waals surface area contributed by atoms with Crippen LogP contribution in [0.4, 0.5) is 0 Å². The van der Waals surface area contributed by atoms with Gasteiger partial charge in [0.15, 0.2) is 0 Å². The largest absolute Gasteiger partial charge is 0.508 e. The second kappa shape index (κ2) is 14.2. The molecule has 0 bridgehead atoms. The van der Waals surface area contributed by atoms with Crippen LogP contribution < -0.4 is 10.4 Å². The van der Waals surface area contributed by atoms with Crippen molar-refractivity contribution in [2.24, 2.45) is 5.92 Å². The molecule has 0 fully saturated rings. The van der Waals surface area contributed by atoms with Crippen LogP contribution in [0.2, 0.25) is 0 Å². The second-order valence-electron chi connectivity index (χ2n) is 12.0. The lowest BCUT2D eigenvalue weighted by atomic mass is 9.75. The van der Waals surface area contributed by atoms with E-state index in [1.54, 1.807) is 42.5 Å². The summed E-state index contributed by atoms with van der Waals surface area (Å²) in [5.41, 5.74) is 1.02. The SMILES string of the molecule is CCCCCCc1cc2c(cc1O)OC(=O)C(C(c1ccccc1)c1c(O)c3cc(CCCCCC)c(O)cc3oc1=O)C2O. The fourth-order valence-electron chi connectivity index (χ4n) is 6.42. The Hall–Kier alpha value is -4.30. The Labute approximate surface area is 262 Å². The molecule has 0 amide bonds. The number of benzene rings is 3. The molecule has 1 aliphatic rings. The van der Waals surface area contributed by atoms with Crippen LogP contribution >= 0.6 is 0 Å². The van der Waals surface area contributed by atoms with E-state index in [1.165, 1.54) is 12.1 Å². The van der Waals surface area contributed by atoms with Crippen LogP contribution in [0.15, 0.2) is 63.8 Å². The van der Waals surface area contributed by atoms with Crippen molar-refractivity contribution in [2.45, 2.75) is 90.1 Å². The number of phenols is 2. The molecule has 238 valence electrons. The second-order valence-corrected chi connectivity index (χ2v) is 12.0. The number of phenolic OH excluding ortho intramolecular Hbond substituents is 2. The number of aliphatic hydroxyl groups is 1. The van der Waals surface area contributed by atoms with Crippen molar-refractivity contribution >= 4 is 16.9 Å². The first-order valence-corrected chi connectivity index (χ1v) is 16.1. The topological polar surface area (TPSA) is 137 Å². The molecular formula is C37H42O8. The quantitative estimate of drug-likeness (QED) is 0.0524. The molecule has 0 saturated carbocycles. The Bertz CT molecular complexity index is 1710. The maximum Gasteiger partial charge on any atom is 0.343 e. The average molecular weight is 615 g/mol. The fourth-order valence-corrected chi connectivity index (χ4v) is 6.42. The van der Waals surface area contributed by atoms with Crippen LogP contribution in [0.3, 0.4) is 0 Å². The highest BCUT2D eigenvalue weighted by molar-refractivity contribution is 5.88. The van der Waals surface area contributed by atoms with Crippen molar-refractivity contribution in [1.82, 2.24) is 0 Å². The third-order valence-corrected chi connectivity index (χ3v) is 8.89. The van der Waals surface area contributed by atoms with Crippen LogP contribution in [0, 0.1) is 5.92 Å². The van der Waals surface area contributed by atoms with Gasteiger partial charge in [-0.3, -0.25) is 4.79 Å². The predicted molar refractivity (Wildman–Crippen MR) is 172 cm³/mol. The highest BCUT2D eigenvalue weighted by Crippen LogP contribution is 2.49. The number of carbonyl (C=O) groups excluding carboxylic acids is 1. The molecule has 4 aromatic rings. The Balaban J connectivity index is 1.60. The molecule has 0 radical (unpaired) electrons. The van der Waals surface area contributed by atoms with E-state index < -0.39 is 29.5 Å². The standard InChI is InChI=1S/C37H42O8/c1-3-5-7-10-16-23-18-25-29(20-27(23)38)44-36(42)32(34(25)40)31(22-14-12-9-13-15-22)33-35(41)26-19-24(17-11-8-6-4-2)28(39)21-30(26)45-37(33)43/h9,12-15,18-21,31-32,34,38-41H,3-8,10-11,16-17H2,1-2H3. The van der Waals surface area contributed by atoms with Gasteiger partial charge in [-0.1, -0.05) is 82.7 Å². The average Bonchev–Trinajstić information content (AvgIpc) is 3.02. The molecule has 3 unspecified atom stereocenters. The summed E-state index contributed by atoms with van der Waals surface area (Å²) in [6, 6.07) is 14.7. The van der Waals surface area contributed by atoms with Gasteiger partial charge in [0.2, 0.25) is 0 Å². The number of unbranched alkanes of at least 4 members (excludes halogenated alkanes) is 6. The van der Waals surface area contributed by atoms with E-state index in [1.807, 2.05) is 0 Å². The monoisotopic (exact) mass is 614 g/mol. The molecule has 3 aromatic carbocycles. The highest BCUT2D eigenvalue weighted by atomic mass is 16.5. The molecule has 8 nitrogen and oxygen atoms in total. The van der Waals surface area contributed by atoms with E-state index in [0.717, 1.165) is 51.4 Å². The fraction of sp³-hybridized carbons (Fsp3) is 0.405. The first-order valence-electron chi connectivity index (χ1n) is 16.1. The summed E-state index contributed by atoms with van der Waals surface area (Å²) >= 11 is 0. The van der Waals surface area contributed by atoms with E-state index in [-0.39, 0.29) is 39.5 Å². The van der Waals surface area contributed by atoms with Crippen LogP contribution in [0.5, 0.6) is 23.0 Å². The van der Waals surface area contributed by atoms with E-state index in [2.05, 4.69) is 13.8 Å². The molecule has 1 aromatic heterocycles. The molecule has 8 heteroatoms. The van der Waals surface area contributed by atoms with Crippen molar-refractivity contribution in [3.63, 3.8) is 0 Å². The van der Waals surface area contributed by atoms with Gasteiger partial charge in [0, 0.05) is 23.6 Å². The summed E-state index contributed by atoms with van der Waals surface area (Å²) < 4.78 is 11.3. The molecule has 1 aliphatic heterocycles. The molecule has 3 atom stereocenters. The first kappa shape index (κ1) is 32.1. The van der Waals surface area contributed by atoms with Gasteiger partial charge in [-0.05, 0) is 54.5 Å². The number of fused-ring (bicyclic) bond motifs is 2. The van der Waals surface area contributed by atoms with Crippen molar-refractivity contribution in [1.29, 1.82) is 0 Å². The van der Waals surface area contributed by atoms with Gasteiger partial charge in [-0.2, -0.15) is 0 Å². The third kappa shape index (κ3) is 6.71. The number of hydrogen-bond acceptors (Lipinski definition) is 8. The van der Waals surface area contributed by atoms with Gasteiger partial charge in [-0.25, -0.2) is 4.79 Å². The minimum absolute atomic E-state index is 0.00937. The zero-order valence-corrected chi connectivity index (χ0v) is 25.9. The number of carbonyl (C=O) groups is 1. The van der Waals surface area contributed by atoms with Gasteiger partial charge in [0.25, 0.3) is 0 Å². The maximum atomic E-state index is 13.6. The number of aliphatic hydroxyl groups excluding tert-OH is 1. The zero-order chi connectivity index (χ0) is 32.1. The normalized spacial score (nSPS) is 16.8. The number of ether oxygens (including phenoxy) is 1. The summed E-state index contributed by atoms with van der Waals surface area (Å²) in [4.78, 5) is 27.2. The number of rotatable bonds is 13. The van der Waals surface area contributed by atoms with E-state index >= 15 is 0 Å². The maximum absolute atomic E-state index is 13.6. The Morgan fingerprint density at radius 2 is 1.40 bits per heavy atom. The lowest BCUT2D eigenvalue weighted by Crippen LogP contribution is -2.38. The molecule has 2 heterocycles. The molecular weight excluding hydrogens is 572 g/mol. The minimum atomic E-state index is -1.41. The zero-order valence-electron chi connectivity index (χ0n) is 25.9. The summed E-state index contributed by atoms with van der Waals surface area (Å²) in [5.74, 6) is -3.60. The summed E-state index contributed by atoms with van der Waals surface area (Å²) in [5, 5.41) is 45.0.